The Morgan fingerprint density at radius 1 is 1.14 bits per heavy atom. The largest absolute Gasteiger partial charge is 0.464 e. The Morgan fingerprint density at radius 2 is 1.96 bits per heavy atom. The molecule has 4 rings (SSSR count). The van der Waals surface area contributed by atoms with E-state index in [4.69, 9.17) is 16.0 Å². The molecule has 0 bridgehead atoms. The van der Waals surface area contributed by atoms with Gasteiger partial charge in [0.25, 0.3) is 10.0 Å². The summed E-state index contributed by atoms with van der Waals surface area (Å²) in [7, 11) is -3.87. The second-order valence-corrected chi connectivity index (χ2v) is 8.59. The van der Waals surface area contributed by atoms with E-state index in [0.29, 0.717) is 33.7 Å². The summed E-state index contributed by atoms with van der Waals surface area (Å²) in [6.45, 7) is 0. The quantitative estimate of drug-likeness (QED) is 0.631. The predicted octanol–water partition coefficient (Wildman–Crippen LogP) is 3.41. The van der Waals surface area contributed by atoms with E-state index < -0.39 is 21.8 Å². The average molecular weight is 419 g/mol. The molecule has 0 saturated carbocycles. The zero-order valence-corrected chi connectivity index (χ0v) is 16.0. The predicted molar refractivity (Wildman–Crippen MR) is 104 cm³/mol. The van der Waals surface area contributed by atoms with Crippen LogP contribution in [0, 0.1) is 0 Å². The number of hydrogen-bond acceptors (Lipinski definition) is 5. The van der Waals surface area contributed by atoms with Gasteiger partial charge in [0.15, 0.2) is 0 Å². The maximum Gasteiger partial charge on any atom is 0.261 e. The van der Waals surface area contributed by atoms with E-state index >= 15 is 0 Å². The van der Waals surface area contributed by atoms with E-state index in [9.17, 15) is 18.0 Å². The van der Waals surface area contributed by atoms with Crippen LogP contribution in [0.2, 0.25) is 5.02 Å². The standard InChI is InChI=1S/C19H15ClN2O5S/c20-11-2-1-3-12(8-11)22-28(25,26)13-4-6-17-15(9-13)16(10-27-17)14-5-7-18(23)21-19(14)24/h1-4,6,8-10,14,22H,5,7H2,(H,21,23,24). The Kier molecular flexibility index (Phi) is 4.60. The number of halogens is 1. The summed E-state index contributed by atoms with van der Waals surface area (Å²) >= 11 is 5.90. The second kappa shape index (κ2) is 6.96. The van der Waals surface area contributed by atoms with Gasteiger partial charge in [0.1, 0.15) is 5.58 Å². The first-order valence-electron chi connectivity index (χ1n) is 8.47. The second-order valence-electron chi connectivity index (χ2n) is 6.47. The third kappa shape index (κ3) is 3.48. The fourth-order valence-corrected chi connectivity index (χ4v) is 4.49. The number of anilines is 1. The number of piperidine rings is 1. The summed E-state index contributed by atoms with van der Waals surface area (Å²) in [5.74, 6) is -1.30. The third-order valence-electron chi connectivity index (χ3n) is 4.58. The lowest BCUT2D eigenvalue weighted by Crippen LogP contribution is -2.39. The highest BCUT2D eigenvalue weighted by atomic mass is 35.5. The van der Waals surface area contributed by atoms with E-state index in [-0.39, 0.29) is 17.2 Å². The van der Waals surface area contributed by atoms with Gasteiger partial charge >= 0.3 is 0 Å². The monoisotopic (exact) mass is 418 g/mol. The van der Waals surface area contributed by atoms with E-state index in [1.807, 2.05) is 0 Å². The number of benzene rings is 2. The highest BCUT2D eigenvalue weighted by Crippen LogP contribution is 2.34. The van der Waals surface area contributed by atoms with Crippen LogP contribution in [0.3, 0.4) is 0 Å². The summed E-state index contributed by atoms with van der Waals surface area (Å²) < 4.78 is 33.5. The first kappa shape index (κ1) is 18.5. The Bertz CT molecular complexity index is 1200. The summed E-state index contributed by atoms with van der Waals surface area (Å²) in [4.78, 5) is 23.6. The fraction of sp³-hybridized carbons (Fsp3) is 0.158. The molecule has 1 saturated heterocycles. The number of rotatable bonds is 4. The molecule has 1 fully saturated rings. The SMILES string of the molecule is O=C1CCC(c2coc3ccc(S(=O)(=O)Nc4cccc(Cl)c4)cc23)C(=O)N1. The highest BCUT2D eigenvalue weighted by molar-refractivity contribution is 7.92. The molecule has 2 heterocycles. The van der Waals surface area contributed by atoms with Crippen LogP contribution in [-0.2, 0) is 19.6 Å². The van der Waals surface area contributed by atoms with Gasteiger partial charge in [-0.2, -0.15) is 0 Å². The molecule has 7 nitrogen and oxygen atoms in total. The molecule has 0 aliphatic carbocycles. The first-order chi connectivity index (χ1) is 13.3. The van der Waals surface area contributed by atoms with Crippen LogP contribution in [0.25, 0.3) is 11.0 Å². The molecule has 1 aromatic heterocycles. The van der Waals surface area contributed by atoms with Crippen LogP contribution in [0.5, 0.6) is 0 Å². The topological polar surface area (TPSA) is 105 Å². The Balaban J connectivity index is 1.71. The molecule has 3 aromatic rings. The number of furan rings is 1. The summed E-state index contributed by atoms with van der Waals surface area (Å²) in [6.07, 6.45) is 2.00. The molecule has 1 atom stereocenters. The molecule has 9 heteroatoms. The third-order valence-corrected chi connectivity index (χ3v) is 6.19. The Labute approximate surface area is 165 Å². The molecule has 144 valence electrons. The maximum absolute atomic E-state index is 12.8. The summed E-state index contributed by atoms with van der Waals surface area (Å²) in [5, 5.41) is 3.23. The van der Waals surface area contributed by atoms with Crippen LogP contribution in [0.1, 0.15) is 24.3 Å². The van der Waals surface area contributed by atoms with E-state index in [1.54, 1.807) is 18.2 Å². The van der Waals surface area contributed by atoms with Gasteiger partial charge in [0, 0.05) is 22.4 Å². The van der Waals surface area contributed by atoms with E-state index in [0.717, 1.165) is 0 Å². The highest BCUT2D eigenvalue weighted by Gasteiger charge is 2.31. The molecule has 2 aromatic carbocycles. The number of hydrogen-bond donors (Lipinski definition) is 2. The molecule has 2 amide bonds. The molecule has 0 spiro atoms. The Morgan fingerprint density at radius 3 is 2.71 bits per heavy atom. The molecule has 1 aliphatic heterocycles. The van der Waals surface area contributed by atoms with Crippen molar-refractivity contribution in [3.8, 4) is 0 Å². The van der Waals surface area contributed by atoms with Crippen molar-refractivity contribution in [2.45, 2.75) is 23.7 Å². The normalized spacial score (nSPS) is 17.5. The van der Waals surface area contributed by atoms with Crippen LogP contribution in [0.15, 0.2) is 58.0 Å². The minimum atomic E-state index is -3.87. The van der Waals surface area contributed by atoms with Crippen molar-refractivity contribution in [3.05, 3.63) is 59.3 Å². The van der Waals surface area contributed by atoms with Gasteiger partial charge in [-0.3, -0.25) is 19.6 Å². The summed E-state index contributed by atoms with van der Waals surface area (Å²) in [6, 6.07) is 10.8. The van der Waals surface area contributed by atoms with Crippen molar-refractivity contribution in [1.29, 1.82) is 0 Å². The number of fused-ring (bicyclic) bond motifs is 1. The number of carbonyl (C=O) groups is 2. The molecule has 28 heavy (non-hydrogen) atoms. The van der Waals surface area contributed by atoms with Gasteiger partial charge in [0.2, 0.25) is 11.8 Å². The van der Waals surface area contributed by atoms with Gasteiger partial charge < -0.3 is 4.42 Å². The van der Waals surface area contributed by atoms with Gasteiger partial charge in [-0.1, -0.05) is 17.7 Å². The number of carbonyl (C=O) groups excluding carboxylic acids is 2. The van der Waals surface area contributed by atoms with E-state index in [1.165, 1.54) is 30.5 Å². The van der Waals surface area contributed by atoms with Crippen molar-refractivity contribution < 1.29 is 22.4 Å². The minimum absolute atomic E-state index is 0.0231. The molecular formula is C19H15ClN2O5S. The van der Waals surface area contributed by atoms with Crippen molar-refractivity contribution in [2.75, 3.05) is 4.72 Å². The van der Waals surface area contributed by atoms with E-state index in [2.05, 4.69) is 10.0 Å². The average Bonchev–Trinajstić information content (AvgIpc) is 3.04. The maximum atomic E-state index is 12.8. The van der Waals surface area contributed by atoms with Crippen LogP contribution in [-0.4, -0.2) is 20.2 Å². The first-order valence-corrected chi connectivity index (χ1v) is 10.3. The zero-order valence-electron chi connectivity index (χ0n) is 14.4. The van der Waals surface area contributed by atoms with Gasteiger partial charge in [-0.25, -0.2) is 8.42 Å². The molecule has 2 N–H and O–H groups in total. The van der Waals surface area contributed by atoms with Crippen molar-refractivity contribution in [2.24, 2.45) is 0 Å². The fourth-order valence-electron chi connectivity index (χ4n) is 3.22. The molecule has 0 radical (unpaired) electrons. The van der Waals surface area contributed by atoms with Crippen molar-refractivity contribution >= 4 is 50.1 Å². The van der Waals surface area contributed by atoms with Crippen LogP contribution < -0.4 is 10.0 Å². The lowest BCUT2D eigenvalue weighted by molar-refractivity contribution is -0.134. The number of sulfonamides is 1. The number of amides is 2. The molecule has 1 aliphatic rings. The van der Waals surface area contributed by atoms with Gasteiger partial charge in [-0.05, 0) is 42.8 Å². The van der Waals surface area contributed by atoms with Crippen LogP contribution in [0.4, 0.5) is 5.69 Å². The Hall–Kier alpha value is -2.84. The minimum Gasteiger partial charge on any atom is -0.464 e. The van der Waals surface area contributed by atoms with Crippen molar-refractivity contribution in [1.82, 2.24) is 5.32 Å². The van der Waals surface area contributed by atoms with Gasteiger partial charge in [-0.15, -0.1) is 0 Å². The van der Waals surface area contributed by atoms with Crippen molar-refractivity contribution in [3.63, 3.8) is 0 Å². The lowest BCUT2D eigenvalue weighted by atomic mass is 9.90. The van der Waals surface area contributed by atoms with Gasteiger partial charge in [0.05, 0.1) is 22.8 Å². The smallest absolute Gasteiger partial charge is 0.261 e. The molecular weight excluding hydrogens is 404 g/mol. The number of imide groups is 1. The molecule has 1 unspecified atom stereocenters. The zero-order chi connectivity index (χ0) is 19.9. The summed E-state index contributed by atoms with van der Waals surface area (Å²) in [5.41, 5.74) is 1.35. The lowest BCUT2D eigenvalue weighted by Gasteiger charge is -2.20. The van der Waals surface area contributed by atoms with Crippen LogP contribution >= 0.6 is 11.6 Å². The number of nitrogens with one attached hydrogen (secondary N) is 2.